The molecule has 0 saturated carbocycles. The number of nitrogens with one attached hydrogen (secondary N) is 1. The van der Waals surface area contributed by atoms with Crippen molar-refractivity contribution in [2.45, 2.75) is 32.1 Å². The Morgan fingerprint density at radius 2 is 2.07 bits per heavy atom. The molecule has 0 spiro atoms. The summed E-state index contributed by atoms with van der Waals surface area (Å²) in [6.45, 7) is 2.10. The molecule has 140 valence electrons. The van der Waals surface area contributed by atoms with Crippen molar-refractivity contribution in [2.24, 2.45) is 0 Å². The van der Waals surface area contributed by atoms with Gasteiger partial charge in [-0.3, -0.25) is 4.79 Å². The summed E-state index contributed by atoms with van der Waals surface area (Å²) < 4.78 is 5.60. The van der Waals surface area contributed by atoms with E-state index >= 15 is 0 Å². The molecule has 4 rings (SSSR count). The van der Waals surface area contributed by atoms with Gasteiger partial charge in [0.05, 0.1) is 11.9 Å². The number of rotatable bonds is 6. The van der Waals surface area contributed by atoms with Gasteiger partial charge in [-0.1, -0.05) is 0 Å². The number of carbonyl (C=O) groups excluding carboxylic acids is 1. The largest absolute Gasteiger partial charge is 0.421 e. The molecule has 0 aromatic carbocycles. The van der Waals surface area contributed by atoms with Crippen LogP contribution in [0.1, 0.15) is 31.6 Å². The Balaban J connectivity index is 1.28. The molecule has 0 bridgehead atoms. The van der Waals surface area contributed by atoms with Gasteiger partial charge in [0.2, 0.25) is 17.7 Å². The average molecular weight is 383 g/mol. The lowest BCUT2D eigenvalue weighted by Crippen LogP contribution is -2.30. The molecule has 1 fully saturated rings. The third kappa shape index (κ3) is 4.51. The number of carbonyl (C=O) groups is 1. The zero-order valence-corrected chi connectivity index (χ0v) is 15.7. The smallest absolute Gasteiger partial charge is 0.248 e. The van der Waals surface area contributed by atoms with Crippen molar-refractivity contribution in [3.05, 3.63) is 41.0 Å². The first-order valence-electron chi connectivity index (χ1n) is 9.14. The van der Waals surface area contributed by atoms with Gasteiger partial charge in [-0.05, 0) is 42.8 Å². The van der Waals surface area contributed by atoms with Gasteiger partial charge in [0.25, 0.3) is 0 Å². The van der Waals surface area contributed by atoms with Crippen LogP contribution in [0.3, 0.4) is 0 Å². The highest BCUT2D eigenvalue weighted by molar-refractivity contribution is 7.08. The van der Waals surface area contributed by atoms with E-state index in [0.29, 0.717) is 23.9 Å². The highest BCUT2D eigenvalue weighted by Crippen LogP contribution is 2.21. The monoisotopic (exact) mass is 383 g/mol. The number of amides is 1. The van der Waals surface area contributed by atoms with Gasteiger partial charge >= 0.3 is 0 Å². The van der Waals surface area contributed by atoms with E-state index in [1.165, 1.54) is 19.3 Å². The zero-order valence-electron chi connectivity index (χ0n) is 14.9. The van der Waals surface area contributed by atoms with E-state index < -0.39 is 0 Å². The molecule has 3 aromatic rings. The van der Waals surface area contributed by atoms with Crippen molar-refractivity contribution in [2.75, 3.05) is 23.3 Å². The van der Waals surface area contributed by atoms with Crippen LogP contribution in [0.5, 0.6) is 0 Å². The predicted molar refractivity (Wildman–Crippen MR) is 105 cm³/mol. The molecule has 7 nitrogen and oxygen atoms in total. The maximum atomic E-state index is 12.2. The summed E-state index contributed by atoms with van der Waals surface area (Å²) in [6.07, 6.45) is 6.11. The summed E-state index contributed by atoms with van der Waals surface area (Å²) in [5.41, 5.74) is 1.60. The molecule has 0 aliphatic carbocycles. The van der Waals surface area contributed by atoms with Crippen molar-refractivity contribution in [3.8, 4) is 11.5 Å². The van der Waals surface area contributed by atoms with Crippen molar-refractivity contribution >= 4 is 28.7 Å². The lowest BCUT2D eigenvalue weighted by Gasteiger charge is -2.27. The molecule has 1 aliphatic heterocycles. The van der Waals surface area contributed by atoms with Crippen LogP contribution in [0.4, 0.5) is 11.5 Å². The van der Waals surface area contributed by atoms with Crippen LogP contribution < -0.4 is 10.2 Å². The predicted octanol–water partition coefficient (Wildman–Crippen LogP) is 3.75. The maximum Gasteiger partial charge on any atom is 0.248 e. The van der Waals surface area contributed by atoms with Gasteiger partial charge in [-0.15, -0.1) is 10.2 Å². The molecule has 1 N–H and O–H groups in total. The molecule has 3 aromatic heterocycles. The van der Waals surface area contributed by atoms with Crippen LogP contribution in [-0.2, 0) is 11.2 Å². The fourth-order valence-electron chi connectivity index (χ4n) is 3.07. The number of aromatic nitrogens is 3. The minimum absolute atomic E-state index is 0.0993. The summed E-state index contributed by atoms with van der Waals surface area (Å²) in [5.74, 6) is 1.83. The van der Waals surface area contributed by atoms with Gasteiger partial charge in [-0.25, -0.2) is 4.98 Å². The van der Waals surface area contributed by atoms with Gasteiger partial charge in [-0.2, -0.15) is 11.3 Å². The van der Waals surface area contributed by atoms with Crippen LogP contribution in [0, 0.1) is 0 Å². The number of piperidine rings is 1. The van der Waals surface area contributed by atoms with E-state index in [1.54, 1.807) is 17.5 Å². The van der Waals surface area contributed by atoms with E-state index in [0.717, 1.165) is 24.5 Å². The van der Waals surface area contributed by atoms with Crippen molar-refractivity contribution in [1.29, 1.82) is 0 Å². The minimum Gasteiger partial charge on any atom is -0.421 e. The third-order valence-electron chi connectivity index (χ3n) is 4.51. The molecular weight excluding hydrogens is 362 g/mol. The number of aryl methyl sites for hydroxylation is 1. The molecule has 1 saturated heterocycles. The van der Waals surface area contributed by atoms with E-state index in [2.05, 4.69) is 25.4 Å². The lowest BCUT2D eigenvalue weighted by atomic mass is 10.1. The SMILES string of the molecule is O=C(CCc1nnc(-c2ccsc2)o1)Nc1ccc(N2CCCCC2)nc1. The lowest BCUT2D eigenvalue weighted by molar-refractivity contribution is -0.116. The number of pyridine rings is 1. The average Bonchev–Trinajstić information content (AvgIpc) is 3.39. The molecular formula is C19H21N5O2S. The first-order valence-corrected chi connectivity index (χ1v) is 10.1. The second kappa shape index (κ2) is 8.30. The number of thiophene rings is 1. The molecule has 0 radical (unpaired) electrons. The van der Waals surface area contributed by atoms with Crippen LogP contribution in [-0.4, -0.2) is 34.2 Å². The standard InChI is InChI=1S/C19H21N5O2S/c25-17(6-7-18-22-23-19(26-18)14-8-11-27-13-14)21-15-4-5-16(20-12-15)24-9-2-1-3-10-24/h4-5,8,11-13H,1-3,6-7,9-10H2,(H,21,25). The quantitative estimate of drug-likeness (QED) is 0.698. The fourth-order valence-corrected chi connectivity index (χ4v) is 3.70. The fraction of sp³-hybridized carbons (Fsp3) is 0.368. The van der Waals surface area contributed by atoms with Crippen LogP contribution in [0.2, 0.25) is 0 Å². The van der Waals surface area contributed by atoms with Crippen LogP contribution in [0.25, 0.3) is 11.5 Å². The second-order valence-corrected chi connectivity index (χ2v) is 7.29. The molecule has 0 atom stereocenters. The Kier molecular flexibility index (Phi) is 5.43. The Morgan fingerprint density at radius 1 is 1.19 bits per heavy atom. The van der Waals surface area contributed by atoms with Gasteiger partial charge in [0.15, 0.2) is 0 Å². The van der Waals surface area contributed by atoms with Crippen LogP contribution in [0.15, 0.2) is 39.6 Å². The van der Waals surface area contributed by atoms with Gasteiger partial charge in [0, 0.05) is 36.9 Å². The Hall–Kier alpha value is -2.74. The van der Waals surface area contributed by atoms with Crippen molar-refractivity contribution in [3.63, 3.8) is 0 Å². The number of anilines is 2. The number of hydrogen-bond acceptors (Lipinski definition) is 7. The topological polar surface area (TPSA) is 84.1 Å². The summed E-state index contributed by atoms with van der Waals surface area (Å²) >= 11 is 1.57. The summed E-state index contributed by atoms with van der Waals surface area (Å²) in [6, 6.07) is 5.79. The number of hydrogen-bond donors (Lipinski definition) is 1. The number of nitrogens with zero attached hydrogens (tertiary/aromatic N) is 4. The van der Waals surface area contributed by atoms with Crippen LogP contribution >= 0.6 is 11.3 Å². The first kappa shape index (κ1) is 17.7. The Labute approximate surface area is 161 Å². The maximum absolute atomic E-state index is 12.2. The molecule has 27 heavy (non-hydrogen) atoms. The van der Waals surface area contributed by atoms with Gasteiger partial charge < -0.3 is 14.6 Å². The van der Waals surface area contributed by atoms with E-state index in [-0.39, 0.29) is 12.3 Å². The van der Waals surface area contributed by atoms with E-state index in [9.17, 15) is 4.79 Å². The summed E-state index contributed by atoms with van der Waals surface area (Å²) in [5, 5.41) is 14.8. The normalized spacial score (nSPS) is 14.3. The summed E-state index contributed by atoms with van der Waals surface area (Å²) in [7, 11) is 0. The highest BCUT2D eigenvalue weighted by Gasteiger charge is 2.13. The molecule has 0 unspecified atom stereocenters. The van der Waals surface area contributed by atoms with E-state index in [4.69, 9.17) is 4.42 Å². The van der Waals surface area contributed by atoms with Gasteiger partial charge in [0.1, 0.15) is 5.82 Å². The molecule has 8 heteroatoms. The Bertz CT molecular complexity index is 870. The molecule has 1 amide bonds. The highest BCUT2D eigenvalue weighted by atomic mass is 32.1. The molecule has 4 heterocycles. The van der Waals surface area contributed by atoms with E-state index in [1.807, 2.05) is 29.0 Å². The Morgan fingerprint density at radius 3 is 2.81 bits per heavy atom. The second-order valence-electron chi connectivity index (χ2n) is 6.51. The first-order chi connectivity index (χ1) is 13.3. The summed E-state index contributed by atoms with van der Waals surface area (Å²) in [4.78, 5) is 18.9. The molecule has 1 aliphatic rings. The third-order valence-corrected chi connectivity index (χ3v) is 5.20. The van der Waals surface area contributed by atoms with Crippen molar-refractivity contribution in [1.82, 2.24) is 15.2 Å². The zero-order chi connectivity index (χ0) is 18.5. The minimum atomic E-state index is -0.0993. The van der Waals surface area contributed by atoms with Crippen molar-refractivity contribution < 1.29 is 9.21 Å².